The lowest BCUT2D eigenvalue weighted by molar-refractivity contribution is -0.125. The summed E-state index contributed by atoms with van der Waals surface area (Å²) in [5.74, 6) is 0.645. The summed E-state index contributed by atoms with van der Waals surface area (Å²) in [7, 11) is 1.89. The van der Waals surface area contributed by atoms with Gasteiger partial charge in [-0.05, 0) is 38.9 Å². The van der Waals surface area contributed by atoms with Crippen molar-refractivity contribution in [2.45, 2.75) is 38.8 Å². The highest BCUT2D eigenvalue weighted by molar-refractivity contribution is 5.79. The van der Waals surface area contributed by atoms with Gasteiger partial charge in [0, 0.05) is 18.6 Å². The highest BCUT2D eigenvalue weighted by Crippen LogP contribution is 2.18. The molecule has 2 aliphatic heterocycles. The summed E-state index contributed by atoms with van der Waals surface area (Å²) in [6.45, 7) is 8.74. The first kappa shape index (κ1) is 15.7. The van der Waals surface area contributed by atoms with E-state index < -0.39 is 0 Å². The maximum atomic E-state index is 12.3. The Morgan fingerprint density at radius 2 is 2.00 bits per heavy atom. The van der Waals surface area contributed by atoms with Gasteiger partial charge in [-0.1, -0.05) is 13.8 Å². The first-order chi connectivity index (χ1) is 9.63. The second-order valence-electron chi connectivity index (χ2n) is 6.34. The number of amides is 1. The molecular formula is C15H29N3O2. The maximum absolute atomic E-state index is 12.3. The van der Waals surface area contributed by atoms with Crippen molar-refractivity contribution in [3.8, 4) is 0 Å². The fourth-order valence-electron chi connectivity index (χ4n) is 3.29. The van der Waals surface area contributed by atoms with Gasteiger partial charge in [-0.3, -0.25) is 9.69 Å². The molecule has 3 atom stereocenters. The standard InChI is InChI=1S/C15H29N3O2/c1-11(2)14(18-6-4-5-7-18)8-17-15(19)12-9-20-10-13(12)16-3/h11-14,16H,4-10H2,1-3H3,(H,17,19). The molecule has 2 heterocycles. The zero-order valence-electron chi connectivity index (χ0n) is 13.0. The Labute approximate surface area is 122 Å². The Hall–Kier alpha value is -0.650. The van der Waals surface area contributed by atoms with E-state index in [0.717, 1.165) is 6.54 Å². The summed E-state index contributed by atoms with van der Waals surface area (Å²) in [4.78, 5) is 14.8. The monoisotopic (exact) mass is 283 g/mol. The van der Waals surface area contributed by atoms with E-state index in [1.807, 2.05) is 7.05 Å². The van der Waals surface area contributed by atoms with Crippen LogP contribution in [-0.4, -0.2) is 62.8 Å². The van der Waals surface area contributed by atoms with Crippen LogP contribution in [0.15, 0.2) is 0 Å². The third kappa shape index (κ3) is 3.71. The van der Waals surface area contributed by atoms with Crippen LogP contribution >= 0.6 is 0 Å². The largest absolute Gasteiger partial charge is 0.379 e. The number of nitrogens with zero attached hydrogens (tertiary/aromatic N) is 1. The average Bonchev–Trinajstić information content (AvgIpc) is 3.09. The molecule has 0 aromatic heterocycles. The summed E-state index contributed by atoms with van der Waals surface area (Å²) < 4.78 is 5.40. The molecule has 0 saturated carbocycles. The van der Waals surface area contributed by atoms with E-state index in [1.54, 1.807) is 0 Å². The molecule has 2 aliphatic rings. The molecule has 0 spiro atoms. The van der Waals surface area contributed by atoms with Crippen molar-refractivity contribution in [3.05, 3.63) is 0 Å². The van der Waals surface area contributed by atoms with Crippen molar-refractivity contribution in [1.82, 2.24) is 15.5 Å². The molecule has 2 fully saturated rings. The minimum absolute atomic E-state index is 0.0496. The van der Waals surface area contributed by atoms with Crippen LogP contribution in [0.5, 0.6) is 0 Å². The zero-order chi connectivity index (χ0) is 14.5. The smallest absolute Gasteiger partial charge is 0.227 e. The van der Waals surface area contributed by atoms with Crippen molar-refractivity contribution >= 4 is 5.91 Å². The van der Waals surface area contributed by atoms with Crippen molar-refractivity contribution in [3.63, 3.8) is 0 Å². The summed E-state index contributed by atoms with van der Waals surface area (Å²) in [5.41, 5.74) is 0. The normalized spacial score (nSPS) is 29.0. The zero-order valence-corrected chi connectivity index (χ0v) is 13.0. The van der Waals surface area contributed by atoms with Gasteiger partial charge < -0.3 is 15.4 Å². The number of rotatable bonds is 6. The van der Waals surface area contributed by atoms with Gasteiger partial charge in [0.2, 0.25) is 5.91 Å². The van der Waals surface area contributed by atoms with Gasteiger partial charge in [0.15, 0.2) is 0 Å². The van der Waals surface area contributed by atoms with Crippen LogP contribution in [-0.2, 0) is 9.53 Å². The number of likely N-dealkylation sites (N-methyl/N-ethyl adjacent to an activating group) is 1. The SMILES string of the molecule is CNC1COCC1C(=O)NCC(C(C)C)N1CCCC1. The Morgan fingerprint density at radius 1 is 1.30 bits per heavy atom. The number of carbonyl (C=O) groups is 1. The Bertz CT molecular complexity index is 316. The van der Waals surface area contributed by atoms with Crippen LogP contribution in [0, 0.1) is 11.8 Å². The molecule has 2 rings (SSSR count). The van der Waals surface area contributed by atoms with Crippen LogP contribution in [0.3, 0.4) is 0 Å². The van der Waals surface area contributed by atoms with E-state index in [2.05, 4.69) is 29.4 Å². The molecule has 20 heavy (non-hydrogen) atoms. The Balaban J connectivity index is 1.84. The van der Waals surface area contributed by atoms with Gasteiger partial charge in [0.05, 0.1) is 19.1 Å². The Kier molecular flexibility index (Phi) is 5.81. The van der Waals surface area contributed by atoms with E-state index in [1.165, 1.54) is 25.9 Å². The molecule has 3 unspecified atom stereocenters. The number of likely N-dealkylation sites (tertiary alicyclic amines) is 1. The van der Waals surface area contributed by atoms with Crippen LogP contribution in [0.25, 0.3) is 0 Å². The Morgan fingerprint density at radius 3 is 2.60 bits per heavy atom. The second kappa shape index (κ2) is 7.38. The van der Waals surface area contributed by atoms with Crippen LogP contribution in [0.1, 0.15) is 26.7 Å². The molecule has 116 valence electrons. The lowest BCUT2D eigenvalue weighted by Gasteiger charge is -2.31. The van der Waals surface area contributed by atoms with Crippen LogP contribution in [0.2, 0.25) is 0 Å². The van der Waals surface area contributed by atoms with Gasteiger partial charge in [-0.15, -0.1) is 0 Å². The summed E-state index contributed by atoms with van der Waals surface area (Å²) >= 11 is 0. The predicted molar refractivity (Wildman–Crippen MR) is 79.6 cm³/mol. The third-order valence-electron chi connectivity index (χ3n) is 4.65. The predicted octanol–water partition coefficient (Wildman–Crippen LogP) is 0.457. The lowest BCUT2D eigenvalue weighted by Crippen LogP contribution is -2.49. The van der Waals surface area contributed by atoms with E-state index in [0.29, 0.717) is 25.2 Å². The minimum Gasteiger partial charge on any atom is -0.379 e. The summed E-state index contributed by atoms with van der Waals surface area (Å²) in [5, 5.41) is 6.31. The first-order valence-corrected chi connectivity index (χ1v) is 7.90. The molecule has 0 bridgehead atoms. The molecule has 0 aromatic carbocycles. The summed E-state index contributed by atoms with van der Waals surface area (Å²) in [6, 6.07) is 0.607. The highest BCUT2D eigenvalue weighted by Gasteiger charge is 2.33. The molecule has 1 amide bonds. The number of hydrogen-bond acceptors (Lipinski definition) is 4. The van der Waals surface area contributed by atoms with E-state index in [-0.39, 0.29) is 17.9 Å². The summed E-state index contributed by atoms with van der Waals surface area (Å²) in [6.07, 6.45) is 2.57. The topological polar surface area (TPSA) is 53.6 Å². The quantitative estimate of drug-likeness (QED) is 0.743. The average molecular weight is 283 g/mol. The molecular weight excluding hydrogens is 254 g/mol. The maximum Gasteiger partial charge on any atom is 0.227 e. The molecule has 2 saturated heterocycles. The minimum atomic E-state index is -0.0496. The molecule has 5 heteroatoms. The first-order valence-electron chi connectivity index (χ1n) is 7.90. The van der Waals surface area contributed by atoms with Gasteiger partial charge in [-0.25, -0.2) is 0 Å². The van der Waals surface area contributed by atoms with Gasteiger partial charge >= 0.3 is 0 Å². The molecule has 0 radical (unpaired) electrons. The fraction of sp³-hybridized carbons (Fsp3) is 0.933. The van der Waals surface area contributed by atoms with E-state index >= 15 is 0 Å². The number of nitrogens with one attached hydrogen (secondary N) is 2. The van der Waals surface area contributed by atoms with E-state index in [9.17, 15) is 4.79 Å². The second-order valence-corrected chi connectivity index (χ2v) is 6.34. The number of carbonyl (C=O) groups excluding carboxylic acids is 1. The fourth-order valence-corrected chi connectivity index (χ4v) is 3.29. The van der Waals surface area contributed by atoms with Crippen molar-refractivity contribution in [2.75, 3.05) is 39.9 Å². The van der Waals surface area contributed by atoms with Crippen molar-refractivity contribution < 1.29 is 9.53 Å². The van der Waals surface area contributed by atoms with Gasteiger partial charge in [-0.2, -0.15) is 0 Å². The van der Waals surface area contributed by atoms with Crippen LogP contribution < -0.4 is 10.6 Å². The molecule has 0 aromatic rings. The third-order valence-corrected chi connectivity index (χ3v) is 4.65. The van der Waals surface area contributed by atoms with Crippen molar-refractivity contribution in [2.24, 2.45) is 11.8 Å². The molecule has 5 nitrogen and oxygen atoms in total. The van der Waals surface area contributed by atoms with E-state index in [4.69, 9.17) is 4.74 Å². The number of ether oxygens (including phenoxy) is 1. The molecule has 0 aliphatic carbocycles. The van der Waals surface area contributed by atoms with Gasteiger partial charge in [0.1, 0.15) is 0 Å². The van der Waals surface area contributed by atoms with Crippen LogP contribution in [0.4, 0.5) is 0 Å². The number of hydrogen-bond donors (Lipinski definition) is 2. The lowest BCUT2D eigenvalue weighted by atomic mass is 10.0. The van der Waals surface area contributed by atoms with Gasteiger partial charge in [0.25, 0.3) is 0 Å². The highest BCUT2D eigenvalue weighted by atomic mass is 16.5. The van der Waals surface area contributed by atoms with Crippen molar-refractivity contribution in [1.29, 1.82) is 0 Å². The molecule has 2 N–H and O–H groups in total.